The Hall–Kier alpha value is -1.98. The van der Waals surface area contributed by atoms with Crippen LogP contribution in [0.5, 0.6) is 0 Å². The van der Waals surface area contributed by atoms with E-state index in [-0.39, 0.29) is 11.7 Å². The Morgan fingerprint density at radius 1 is 1.18 bits per heavy atom. The number of fused-ring (bicyclic) bond motifs is 1. The second-order valence-electron chi connectivity index (χ2n) is 4.60. The van der Waals surface area contributed by atoms with Crippen molar-refractivity contribution >= 4 is 40.4 Å². The minimum absolute atomic E-state index is 0.0906. The fourth-order valence-corrected chi connectivity index (χ4v) is 2.80. The molecule has 1 amide bonds. The number of rotatable bonds is 5. The van der Waals surface area contributed by atoms with E-state index in [2.05, 4.69) is 10.3 Å². The molecule has 0 aliphatic heterocycles. The van der Waals surface area contributed by atoms with Gasteiger partial charge in [0, 0.05) is 11.6 Å². The average Bonchev–Trinajstić information content (AvgIpc) is 2.95. The highest BCUT2D eigenvalue weighted by atomic mass is 35.5. The molecule has 0 atom stereocenters. The summed E-state index contributed by atoms with van der Waals surface area (Å²) in [6, 6.07) is 14.9. The summed E-state index contributed by atoms with van der Waals surface area (Å²) >= 11 is 7.32. The van der Waals surface area contributed by atoms with Crippen molar-refractivity contribution in [1.29, 1.82) is 0 Å². The van der Waals surface area contributed by atoms with Crippen LogP contribution < -0.4 is 5.32 Å². The normalized spacial score (nSPS) is 10.8. The molecule has 2 aromatic carbocycles. The number of para-hydroxylation sites is 2. The van der Waals surface area contributed by atoms with Crippen LogP contribution >= 0.6 is 23.4 Å². The molecule has 22 heavy (non-hydrogen) atoms. The Morgan fingerprint density at radius 3 is 2.77 bits per heavy atom. The average molecular weight is 333 g/mol. The van der Waals surface area contributed by atoms with Crippen molar-refractivity contribution in [1.82, 2.24) is 10.3 Å². The fourth-order valence-electron chi connectivity index (χ4n) is 1.93. The van der Waals surface area contributed by atoms with Gasteiger partial charge in [-0.15, -0.1) is 0 Å². The molecule has 3 rings (SSSR count). The summed E-state index contributed by atoms with van der Waals surface area (Å²) in [5, 5.41) is 3.97. The van der Waals surface area contributed by atoms with E-state index < -0.39 is 0 Å². The van der Waals surface area contributed by atoms with Crippen molar-refractivity contribution in [2.24, 2.45) is 0 Å². The monoisotopic (exact) mass is 332 g/mol. The van der Waals surface area contributed by atoms with Gasteiger partial charge in [-0.2, -0.15) is 0 Å². The molecule has 1 heterocycles. The number of nitrogens with one attached hydrogen (secondary N) is 1. The summed E-state index contributed by atoms with van der Waals surface area (Å²) in [6.07, 6.45) is 0. The van der Waals surface area contributed by atoms with Crippen molar-refractivity contribution in [3.63, 3.8) is 0 Å². The number of halogens is 1. The van der Waals surface area contributed by atoms with Gasteiger partial charge >= 0.3 is 0 Å². The number of thioether (sulfide) groups is 1. The van der Waals surface area contributed by atoms with Crippen molar-refractivity contribution in [2.75, 3.05) is 5.75 Å². The summed E-state index contributed by atoms with van der Waals surface area (Å²) in [4.78, 5) is 16.2. The molecule has 0 unspecified atom stereocenters. The molecule has 0 bridgehead atoms. The fraction of sp³-hybridized carbons (Fsp3) is 0.125. The molecule has 0 aliphatic rings. The van der Waals surface area contributed by atoms with Gasteiger partial charge in [0.1, 0.15) is 5.52 Å². The molecular weight excluding hydrogens is 320 g/mol. The summed E-state index contributed by atoms with van der Waals surface area (Å²) in [5.74, 6) is 0.157. The first-order chi connectivity index (χ1) is 10.7. The van der Waals surface area contributed by atoms with Crippen LogP contribution in [0.3, 0.4) is 0 Å². The smallest absolute Gasteiger partial charge is 0.257 e. The van der Waals surface area contributed by atoms with Gasteiger partial charge in [0.2, 0.25) is 5.91 Å². The molecule has 0 radical (unpaired) electrons. The van der Waals surface area contributed by atoms with Gasteiger partial charge in [0.25, 0.3) is 5.22 Å². The standard InChI is InChI=1S/C16H13ClN2O2S/c17-12-6-2-1-5-11(12)9-18-15(20)10-22-16-19-13-7-3-4-8-14(13)21-16/h1-8H,9-10H2,(H,18,20). The molecule has 0 aliphatic carbocycles. The van der Waals surface area contributed by atoms with Gasteiger partial charge < -0.3 is 9.73 Å². The SMILES string of the molecule is O=C(CSc1nc2ccccc2o1)NCc1ccccc1Cl. The zero-order chi connectivity index (χ0) is 15.4. The highest BCUT2D eigenvalue weighted by molar-refractivity contribution is 7.99. The molecule has 0 fully saturated rings. The highest BCUT2D eigenvalue weighted by Gasteiger charge is 2.09. The lowest BCUT2D eigenvalue weighted by Crippen LogP contribution is -2.24. The molecule has 0 saturated heterocycles. The third-order valence-corrected chi connectivity index (χ3v) is 4.23. The van der Waals surface area contributed by atoms with E-state index in [1.54, 1.807) is 6.07 Å². The Labute approximate surface area is 136 Å². The predicted molar refractivity (Wildman–Crippen MR) is 88.0 cm³/mol. The summed E-state index contributed by atoms with van der Waals surface area (Å²) < 4.78 is 5.55. The third-order valence-electron chi connectivity index (χ3n) is 3.03. The molecule has 0 saturated carbocycles. The zero-order valence-electron chi connectivity index (χ0n) is 11.6. The van der Waals surface area contributed by atoms with Crippen LogP contribution in [0.15, 0.2) is 58.2 Å². The number of carbonyl (C=O) groups excluding carboxylic acids is 1. The van der Waals surface area contributed by atoms with Gasteiger partial charge in [-0.25, -0.2) is 4.98 Å². The van der Waals surface area contributed by atoms with Gasteiger partial charge in [0.15, 0.2) is 5.58 Å². The third kappa shape index (κ3) is 3.61. The van der Waals surface area contributed by atoms with Crippen LogP contribution in [-0.2, 0) is 11.3 Å². The van der Waals surface area contributed by atoms with Crippen molar-refractivity contribution in [3.05, 3.63) is 59.1 Å². The van der Waals surface area contributed by atoms with E-state index in [0.29, 0.717) is 16.8 Å². The molecule has 4 nitrogen and oxygen atoms in total. The van der Waals surface area contributed by atoms with E-state index in [1.807, 2.05) is 42.5 Å². The van der Waals surface area contributed by atoms with Gasteiger partial charge in [0.05, 0.1) is 5.75 Å². The molecule has 1 aromatic heterocycles. The van der Waals surface area contributed by atoms with Crippen LogP contribution in [0.1, 0.15) is 5.56 Å². The molecule has 3 aromatic rings. The van der Waals surface area contributed by atoms with E-state index in [9.17, 15) is 4.79 Å². The number of hydrogen-bond donors (Lipinski definition) is 1. The molecule has 0 spiro atoms. The number of aromatic nitrogens is 1. The van der Waals surface area contributed by atoms with Crippen LogP contribution in [0.2, 0.25) is 5.02 Å². The highest BCUT2D eigenvalue weighted by Crippen LogP contribution is 2.23. The van der Waals surface area contributed by atoms with Crippen LogP contribution in [0.25, 0.3) is 11.1 Å². The number of amides is 1. The Kier molecular flexibility index (Phi) is 4.65. The van der Waals surface area contributed by atoms with Gasteiger partial charge in [-0.1, -0.05) is 53.7 Å². The minimum Gasteiger partial charge on any atom is -0.431 e. The van der Waals surface area contributed by atoms with Crippen molar-refractivity contribution in [2.45, 2.75) is 11.8 Å². The zero-order valence-corrected chi connectivity index (χ0v) is 13.2. The topological polar surface area (TPSA) is 55.1 Å². The number of hydrogen-bond acceptors (Lipinski definition) is 4. The van der Waals surface area contributed by atoms with E-state index in [4.69, 9.17) is 16.0 Å². The number of carbonyl (C=O) groups is 1. The summed E-state index contributed by atoms with van der Waals surface area (Å²) in [6.45, 7) is 0.409. The second kappa shape index (κ2) is 6.85. The predicted octanol–water partition coefficient (Wildman–Crippen LogP) is 3.89. The summed E-state index contributed by atoms with van der Waals surface area (Å²) in [7, 11) is 0. The maximum atomic E-state index is 11.9. The Balaban J connectivity index is 1.53. The lowest BCUT2D eigenvalue weighted by molar-refractivity contribution is -0.118. The van der Waals surface area contributed by atoms with Crippen LogP contribution in [0, 0.1) is 0 Å². The van der Waals surface area contributed by atoms with Crippen LogP contribution in [-0.4, -0.2) is 16.6 Å². The van der Waals surface area contributed by atoms with Crippen LogP contribution in [0.4, 0.5) is 0 Å². The maximum absolute atomic E-state index is 11.9. The van der Waals surface area contributed by atoms with Crippen molar-refractivity contribution in [3.8, 4) is 0 Å². The Morgan fingerprint density at radius 2 is 1.95 bits per heavy atom. The molecule has 6 heteroatoms. The quantitative estimate of drug-likeness (QED) is 0.720. The number of nitrogens with zero attached hydrogens (tertiary/aromatic N) is 1. The minimum atomic E-state index is -0.0906. The maximum Gasteiger partial charge on any atom is 0.257 e. The summed E-state index contributed by atoms with van der Waals surface area (Å²) in [5.41, 5.74) is 2.41. The first kappa shape index (κ1) is 14.9. The Bertz CT molecular complexity index is 770. The first-order valence-corrected chi connectivity index (χ1v) is 8.07. The van der Waals surface area contributed by atoms with Crippen molar-refractivity contribution < 1.29 is 9.21 Å². The number of benzene rings is 2. The first-order valence-electron chi connectivity index (χ1n) is 6.71. The molecule has 1 N–H and O–H groups in total. The van der Waals surface area contributed by atoms with E-state index in [1.165, 1.54) is 11.8 Å². The molecule has 112 valence electrons. The van der Waals surface area contributed by atoms with E-state index in [0.717, 1.165) is 16.7 Å². The largest absolute Gasteiger partial charge is 0.431 e. The lowest BCUT2D eigenvalue weighted by atomic mass is 10.2. The lowest BCUT2D eigenvalue weighted by Gasteiger charge is -2.05. The second-order valence-corrected chi connectivity index (χ2v) is 5.94. The van der Waals surface area contributed by atoms with Gasteiger partial charge in [-0.05, 0) is 23.8 Å². The van der Waals surface area contributed by atoms with E-state index >= 15 is 0 Å². The van der Waals surface area contributed by atoms with Gasteiger partial charge in [-0.3, -0.25) is 4.79 Å². The molecular formula is C16H13ClN2O2S. The number of oxazole rings is 1.